The van der Waals surface area contributed by atoms with Crippen LogP contribution >= 0.6 is 11.3 Å². The summed E-state index contributed by atoms with van der Waals surface area (Å²) in [7, 11) is 0. The van der Waals surface area contributed by atoms with Crippen LogP contribution in [-0.2, 0) is 6.54 Å². The summed E-state index contributed by atoms with van der Waals surface area (Å²) < 4.78 is 0. The van der Waals surface area contributed by atoms with Gasteiger partial charge in [-0.1, -0.05) is 30.3 Å². The minimum absolute atomic E-state index is 0.572. The van der Waals surface area contributed by atoms with Crippen molar-refractivity contribution < 1.29 is 0 Å². The summed E-state index contributed by atoms with van der Waals surface area (Å²) >= 11 is 1.61. The van der Waals surface area contributed by atoms with Crippen LogP contribution in [0, 0.1) is 0 Å². The molecule has 0 aliphatic carbocycles. The van der Waals surface area contributed by atoms with Crippen molar-refractivity contribution in [3.8, 4) is 22.0 Å². The van der Waals surface area contributed by atoms with E-state index in [-0.39, 0.29) is 0 Å². The van der Waals surface area contributed by atoms with Crippen molar-refractivity contribution in [2.45, 2.75) is 6.54 Å². The van der Waals surface area contributed by atoms with Crippen LogP contribution in [0.15, 0.2) is 60.4 Å². The van der Waals surface area contributed by atoms with Crippen LogP contribution in [0.3, 0.4) is 0 Å². The average molecular weight is 334 g/mol. The molecule has 118 valence electrons. The van der Waals surface area contributed by atoms with Crippen molar-refractivity contribution in [1.29, 1.82) is 0 Å². The Morgan fingerprint density at radius 1 is 1.04 bits per heavy atom. The smallest absolute Gasteiger partial charge is 0.223 e. The normalized spacial score (nSPS) is 10.7. The van der Waals surface area contributed by atoms with Crippen LogP contribution in [-0.4, -0.2) is 25.1 Å². The van der Waals surface area contributed by atoms with E-state index in [0.717, 1.165) is 27.5 Å². The molecule has 0 unspecified atom stereocenters. The number of aromatic amines is 1. The Morgan fingerprint density at radius 3 is 2.79 bits per heavy atom. The van der Waals surface area contributed by atoms with Crippen LogP contribution in [0.1, 0.15) is 5.56 Å². The monoisotopic (exact) mass is 334 g/mol. The molecule has 0 saturated heterocycles. The van der Waals surface area contributed by atoms with Crippen LogP contribution in [0.25, 0.3) is 22.0 Å². The quantitative estimate of drug-likeness (QED) is 0.583. The fraction of sp³-hybridized carbons (Fsp3) is 0.0588. The fourth-order valence-corrected chi connectivity index (χ4v) is 3.07. The van der Waals surface area contributed by atoms with E-state index < -0.39 is 0 Å². The summed E-state index contributed by atoms with van der Waals surface area (Å²) in [6, 6.07) is 12.0. The van der Waals surface area contributed by atoms with E-state index >= 15 is 0 Å². The lowest BCUT2D eigenvalue weighted by Crippen LogP contribution is -2.03. The first-order chi connectivity index (χ1) is 11.9. The average Bonchev–Trinajstić information content (AvgIpc) is 3.33. The van der Waals surface area contributed by atoms with E-state index in [1.165, 1.54) is 0 Å². The molecule has 0 bridgehead atoms. The summed E-state index contributed by atoms with van der Waals surface area (Å²) in [6.07, 6.45) is 5.34. The first-order valence-electron chi connectivity index (χ1n) is 7.44. The molecule has 3 aromatic heterocycles. The number of hydrogen-bond acceptors (Lipinski definition) is 6. The van der Waals surface area contributed by atoms with Crippen LogP contribution in [0.2, 0.25) is 0 Å². The standard InChI is InChI=1S/C17H14N6S/c1-2-4-13(5-3-1)16-22-15(11-24-16)14-6-7-18-17(23-14)19-8-12-9-20-21-10-12/h1-7,9-11H,8H2,(H,20,21)(H,18,19,23). The van der Waals surface area contributed by atoms with Gasteiger partial charge in [0, 0.05) is 35.4 Å². The second-order valence-electron chi connectivity index (χ2n) is 5.13. The predicted molar refractivity (Wildman–Crippen MR) is 94.5 cm³/mol. The van der Waals surface area contributed by atoms with Crippen molar-refractivity contribution in [2.75, 3.05) is 5.32 Å². The Hall–Kier alpha value is -3.06. The zero-order valence-corrected chi connectivity index (χ0v) is 13.5. The molecule has 0 radical (unpaired) electrons. The van der Waals surface area contributed by atoms with Gasteiger partial charge in [0.25, 0.3) is 0 Å². The van der Waals surface area contributed by atoms with E-state index in [1.807, 2.05) is 35.8 Å². The Labute approximate surface area is 142 Å². The Balaban J connectivity index is 1.54. The molecule has 7 heteroatoms. The van der Waals surface area contributed by atoms with E-state index in [1.54, 1.807) is 23.7 Å². The van der Waals surface area contributed by atoms with E-state index in [0.29, 0.717) is 12.5 Å². The lowest BCUT2D eigenvalue weighted by Gasteiger charge is -2.04. The molecular weight excluding hydrogens is 320 g/mol. The highest BCUT2D eigenvalue weighted by molar-refractivity contribution is 7.13. The Morgan fingerprint density at radius 2 is 1.96 bits per heavy atom. The highest BCUT2D eigenvalue weighted by Crippen LogP contribution is 2.27. The SMILES string of the molecule is c1ccc(-c2nc(-c3ccnc(NCc4cn[nH]c4)n3)cs2)cc1. The van der Waals surface area contributed by atoms with Crippen LogP contribution < -0.4 is 5.32 Å². The molecule has 0 fully saturated rings. The minimum atomic E-state index is 0.572. The largest absolute Gasteiger partial charge is 0.350 e. The van der Waals surface area contributed by atoms with Crippen molar-refractivity contribution >= 4 is 17.3 Å². The van der Waals surface area contributed by atoms with Gasteiger partial charge >= 0.3 is 0 Å². The zero-order chi connectivity index (χ0) is 16.2. The molecule has 0 atom stereocenters. The molecule has 0 aliphatic heterocycles. The molecule has 0 amide bonds. The number of H-pyrrole nitrogens is 1. The number of benzene rings is 1. The molecule has 0 spiro atoms. The van der Waals surface area contributed by atoms with Gasteiger partial charge in [0.05, 0.1) is 11.9 Å². The topological polar surface area (TPSA) is 79.4 Å². The zero-order valence-electron chi connectivity index (χ0n) is 12.7. The summed E-state index contributed by atoms with van der Waals surface area (Å²) in [4.78, 5) is 13.5. The van der Waals surface area contributed by atoms with Gasteiger partial charge in [0.1, 0.15) is 10.7 Å². The lowest BCUT2D eigenvalue weighted by molar-refractivity contribution is 1.06. The molecular formula is C17H14N6S. The second-order valence-corrected chi connectivity index (χ2v) is 5.99. The maximum Gasteiger partial charge on any atom is 0.223 e. The Kier molecular flexibility index (Phi) is 3.99. The van der Waals surface area contributed by atoms with Crippen LogP contribution in [0.4, 0.5) is 5.95 Å². The molecule has 3 heterocycles. The number of rotatable bonds is 5. The fourth-order valence-electron chi connectivity index (χ4n) is 2.25. The summed E-state index contributed by atoms with van der Waals surface area (Å²) in [5, 5.41) is 12.9. The van der Waals surface area contributed by atoms with E-state index in [4.69, 9.17) is 0 Å². The van der Waals surface area contributed by atoms with E-state index in [9.17, 15) is 0 Å². The van der Waals surface area contributed by atoms with Gasteiger partial charge < -0.3 is 5.32 Å². The lowest BCUT2D eigenvalue weighted by atomic mass is 10.2. The van der Waals surface area contributed by atoms with Crippen LogP contribution in [0.5, 0.6) is 0 Å². The summed E-state index contributed by atoms with van der Waals surface area (Å²) in [5.74, 6) is 0.572. The maximum absolute atomic E-state index is 4.69. The van der Waals surface area contributed by atoms with Gasteiger partial charge in [-0.2, -0.15) is 5.10 Å². The van der Waals surface area contributed by atoms with Gasteiger partial charge in [0.15, 0.2) is 0 Å². The first-order valence-corrected chi connectivity index (χ1v) is 8.32. The maximum atomic E-state index is 4.69. The molecule has 0 saturated carbocycles. The predicted octanol–water partition coefficient (Wildman–Crippen LogP) is 3.60. The van der Waals surface area contributed by atoms with Gasteiger partial charge in [-0.3, -0.25) is 5.10 Å². The van der Waals surface area contributed by atoms with Crippen molar-refractivity contribution in [3.05, 3.63) is 65.9 Å². The van der Waals surface area contributed by atoms with Crippen molar-refractivity contribution in [1.82, 2.24) is 25.1 Å². The molecule has 4 rings (SSSR count). The third-order valence-corrected chi connectivity index (χ3v) is 4.34. The Bertz CT molecular complexity index is 917. The molecule has 24 heavy (non-hydrogen) atoms. The van der Waals surface area contributed by atoms with E-state index in [2.05, 4.69) is 42.6 Å². The number of thiazole rings is 1. The van der Waals surface area contributed by atoms with Crippen molar-refractivity contribution in [2.24, 2.45) is 0 Å². The first kappa shape index (κ1) is 14.5. The van der Waals surface area contributed by atoms with Gasteiger partial charge in [0.2, 0.25) is 5.95 Å². The molecule has 1 aromatic carbocycles. The third-order valence-electron chi connectivity index (χ3n) is 3.45. The molecule has 0 aliphatic rings. The minimum Gasteiger partial charge on any atom is -0.350 e. The molecule has 4 aromatic rings. The van der Waals surface area contributed by atoms with Gasteiger partial charge in [-0.25, -0.2) is 15.0 Å². The summed E-state index contributed by atoms with van der Waals surface area (Å²) in [5.41, 5.74) is 3.82. The number of nitrogens with zero attached hydrogens (tertiary/aromatic N) is 4. The highest BCUT2D eigenvalue weighted by Gasteiger charge is 2.08. The summed E-state index contributed by atoms with van der Waals surface area (Å²) in [6.45, 7) is 0.617. The molecule has 2 N–H and O–H groups in total. The number of anilines is 1. The number of hydrogen-bond donors (Lipinski definition) is 2. The highest BCUT2D eigenvalue weighted by atomic mass is 32.1. The van der Waals surface area contributed by atoms with Gasteiger partial charge in [-0.05, 0) is 6.07 Å². The molecule has 6 nitrogen and oxygen atoms in total. The van der Waals surface area contributed by atoms with Crippen molar-refractivity contribution in [3.63, 3.8) is 0 Å². The van der Waals surface area contributed by atoms with Gasteiger partial charge in [-0.15, -0.1) is 11.3 Å². The second kappa shape index (κ2) is 6.59. The number of nitrogens with one attached hydrogen (secondary N) is 2. The number of aromatic nitrogens is 5. The third kappa shape index (κ3) is 3.16.